The number of aromatic nitrogens is 1. The van der Waals surface area contributed by atoms with Crippen LogP contribution < -0.4 is 0 Å². The molecule has 0 saturated carbocycles. The second kappa shape index (κ2) is 6.82. The molecule has 2 atom stereocenters. The molecular formula is C12H16N2O3S3. The lowest BCUT2D eigenvalue weighted by Crippen LogP contribution is -2.45. The highest BCUT2D eigenvalue weighted by Crippen LogP contribution is 2.34. The highest BCUT2D eigenvalue weighted by Gasteiger charge is 2.42. The molecule has 0 radical (unpaired) electrons. The molecule has 1 N–H and O–H groups in total. The molecule has 0 spiro atoms. The molecule has 1 aliphatic heterocycles. The van der Waals surface area contributed by atoms with Gasteiger partial charge >= 0.3 is 5.97 Å². The summed E-state index contributed by atoms with van der Waals surface area (Å²) in [4.78, 5) is 25.5. The summed E-state index contributed by atoms with van der Waals surface area (Å²) in [5, 5.41) is 11.0. The third kappa shape index (κ3) is 3.12. The zero-order chi connectivity index (χ0) is 14.7. The molecule has 1 amide bonds. The van der Waals surface area contributed by atoms with Gasteiger partial charge in [0.2, 0.25) is 0 Å². The van der Waals surface area contributed by atoms with Gasteiger partial charge in [0.25, 0.3) is 5.91 Å². The van der Waals surface area contributed by atoms with Crippen molar-refractivity contribution in [3.05, 3.63) is 16.6 Å². The molecule has 1 aliphatic rings. The Morgan fingerprint density at radius 2 is 2.35 bits per heavy atom. The van der Waals surface area contributed by atoms with E-state index in [1.54, 1.807) is 35.8 Å². The van der Waals surface area contributed by atoms with Gasteiger partial charge in [-0.2, -0.15) is 16.1 Å². The van der Waals surface area contributed by atoms with Crippen molar-refractivity contribution in [1.29, 1.82) is 0 Å². The van der Waals surface area contributed by atoms with Crippen LogP contribution in [0, 0.1) is 6.92 Å². The number of carbonyl (C=O) groups is 2. The summed E-state index contributed by atoms with van der Waals surface area (Å²) >= 11 is 4.48. The first kappa shape index (κ1) is 15.7. The van der Waals surface area contributed by atoms with E-state index < -0.39 is 12.0 Å². The number of carboxylic acids is 1. The van der Waals surface area contributed by atoms with Crippen LogP contribution in [0.3, 0.4) is 0 Å². The Hall–Kier alpha value is -0.730. The van der Waals surface area contributed by atoms with Crippen molar-refractivity contribution in [1.82, 2.24) is 9.27 Å². The largest absolute Gasteiger partial charge is 0.480 e. The molecule has 2 rings (SSSR count). The molecule has 1 aromatic heterocycles. The van der Waals surface area contributed by atoms with Crippen LogP contribution in [-0.4, -0.2) is 55.4 Å². The Bertz CT molecular complexity index is 506. The third-order valence-corrected chi connectivity index (χ3v) is 5.88. The number of hydrogen-bond donors (Lipinski definition) is 1. The van der Waals surface area contributed by atoms with Crippen LogP contribution in [-0.2, 0) is 4.79 Å². The summed E-state index contributed by atoms with van der Waals surface area (Å²) in [6.07, 6.45) is 2.81. The molecule has 2 unspecified atom stereocenters. The topological polar surface area (TPSA) is 70.5 Å². The summed E-state index contributed by atoms with van der Waals surface area (Å²) < 4.78 is 4.10. The molecule has 0 bridgehead atoms. The summed E-state index contributed by atoms with van der Waals surface area (Å²) in [7, 11) is 0. The zero-order valence-electron chi connectivity index (χ0n) is 11.2. The summed E-state index contributed by atoms with van der Waals surface area (Å²) in [5.41, 5.74) is 1.20. The highest BCUT2D eigenvalue weighted by atomic mass is 32.2. The van der Waals surface area contributed by atoms with E-state index in [0.717, 1.165) is 12.2 Å². The zero-order valence-corrected chi connectivity index (χ0v) is 13.7. The number of carbonyl (C=O) groups excluding carboxylic acids is 1. The first-order chi connectivity index (χ1) is 9.56. The van der Waals surface area contributed by atoms with Gasteiger partial charge in [0, 0.05) is 11.1 Å². The Morgan fingerprint density at radius 3 is 2.90 bits per heavy atom. The fraction of sp³-hybridized carbons (Fsp3) is 0.583. The number of nitrogens with zero attached hydrogens (tertiary/aromatic N) is 2. The second-order valence-corrected chi connectivity index (χ2v) is 7.28. The van der Waals surface area contributed by atoms with E-state index in [0.29, 0.717) is 17.0 Å². The molecule has 5 nitrogen and oxygen atoms in total. The maximum atomic E-state index is 12.6. The molecule has 20 heavy (non-hydrogen) atoms. The molecule has 0 aromatic carbocycles. The fourth-order valence-electron chi connectivity index (χ4n) is 2.10. The molecule has 8 heteroatoms. The molecule has 1 fully saturated rings. The van der Waals surface area contributed by atoms with Crippen LogP contribution in [0.15, 0.2) is 5.38 Å². The smallest absolute Gasteiger partial charge is 0.327 e. The second-order valence-electron chi connectivity index (χ2n) is 4.45. The number of carboxylic acid groups (broad SMARTS) is 1. The number of aliphatic carboxylic acids is 1. The van der Waals surface area contributed by atoms with Crippen molar-refractivity contribution in [2.45, 2.75) is 24.8 Å². The third-order valence-electron chi connectivity index (χ3n) is 3.16. The molecular weight excluding hydrogens is 316 g/mol. The van der Waals surface area contributed by atoms with Gasteiger partial charge in [-0.3, -0.25) is 4.79 Å². The minimum atomic E-state index is -0.932. The number of rotatable bonds is 5. The highest BCUT2D eigenvalue weighted by molar-refractivity contribution is 8.00. The van der Waals surface area contributed by atoms with Crippen LogP contribution >= 0.6 is 35.1 Å². The molecule has 1 aromatic rings. The first-order valence-electron chi connectivity index (χ1n) is 6.13. The van der Waals surface area contributed by atoms with Crippen molar-refractivity contribution >= 4 is 46.9 Å². The Morgan fingerprint density at radius 1 is 1.60 bits per heavy atom. The summed E-state index contributed by atoms with van der Waals surface area (Å²) in [6, 6.07) is -0.737. The minimum absolute atomic E-state index is 0.0599. The standard InChI is InChI=1S/C12H16N2O3S3/c1-7-8(5-20-13-7)11(15)14-9(12(16)17)6-19-10(14)3-4-18-2/h5,9-10H,3-4,6H2,1-2H3,(H,16,17). The number of amides is 1. The van der Waals surface area contributed by atoms with Crippen LogP contribution in [0.5, 0.6) is 0 Å². The predicted molar refractivity (Wildman–Crippen MR) is 83.7 cm³/mol. The lowest BCUT2D eigenvalue weighted by Gasteiger charge is -2.27. The Kier molecular flexibility index (Phi) is 5.34. The lowest BCUT2D eigenvalue weighted by molar-refractivity contribution is -0.141. The van der Waals surface area contributed by atoms with Crippen LogP contribution in [0.4, 0.5) is 0 Å². The van der Waals surface area contributed by atoms with Crippen LogP contribution in [0.25, 0.3) is 0 Å². The normalized spacial score (nSPS) is 22.2. The number of aryl methyl sites for hydroxylation is 1. The van der Waals surface area contributed by atoms with Gasteiger partial charge in [0.05, 0.1) is 16.6 Å². The Labute approximate surface area is 130 Å². The summed E-state index contributed by atoms with van der Waals surface area (Å²) in [6.45, 7) is 1.78. The average Bonchev–Trinajstić information content (AvgIpc) is 3.01. The van der Waals surface area contributed by atoms with Gasteiger partial charge in [-0.05, 0) is 36.9 Å². The van der Waals surface area contributed by atoms with Crippen molar-refractivity contribution in [2.75, 3.05) is 17.8 Å². The maximum absolute atomic E-state index is 12.6. The molecule has 2 heterocycles. The van der Waals surface area contributed by atoms with Crippen molar-refractivity contribution in [3.63, 3.8) is 0 Å². The van der Waals surface area contributed by atoms with Gasteiger partial charge < -0.3 is 10.0 Å². The summed E-state index contributed by atoms with van der Waals surface area (Å²) in [5.74, 6) is 0.226. The van der Waals surface area contributed by atoms with Crippen LogP contribution in [0.2, 0.25) is 0 Å². The average molecular weight is 332 g/mol. The maximum Gasteiger partial charge on any atom is 0.327 e. The van der Waals surface area contributed by atoms with Gasteiger partial charge in [-0.1, -0.05) is 0 Å². The number of hydrogen-bond acceptors (Lipinski definition) is 6. The SMILES string of the molecule is CSCCC1SCC(C(=O)O)N1C(=O)c1csnc1C. The molecule has 1 saturated heterocycles. The van der Waals surface area contributed by atoms with Crippen molar-refractivity contribution < 1.29 is 14.7 Å². The van der Waals surface area contributed by atoms with Crippen LogP contribution in [0.1, 0.15) is 22.5 Å². The lowest BCUT2D eigenvalue weighted by atomic mass is 10.2. The quantitative estimate of drug-likeness (QED) is 0.891. The van der Waals surface area contributed by atoms with Gasteiger partial charge in [-0.15, -0.1) is 11.8 Å². The van der Waals surface area contributed by atoms with Gasteiger partial charge in [0.15, 0.2) is 0 Å². The van der Waals surface area contributed by atoms with Gasteiger partial charge in [-0.25, -0.2) is 4.79 Å². The van der Waals surface area contributed by atoms with Crippen molar-refractivity contribution in [3.8, 4) is 0 Å². The monoisotopic (exact) mass is 332 g/mol. The van der Waals surface area contributed by atoms with E-state index in [-0.39, 0.29) is 11.3 Å². The first-order valence-corrected chi connectivity index (χ1v) is 9.41. The molecule has 0 aliphatic carbocycles. The Balaban J connectivity index is 2.24. The molecule has 110 valence electrons. The van der Waals surface area contributed by atoms with Crippen molar-refractivity contribution in [2.24, 2.45) is 0 Å². The van der Waals surface area contributed by atoms with E-state index >= 15 is 0 Å². The van der Waals surface area contributed by atoms with E-state index in [4.69, 9.17) is 0 Å². The van der Waals surface area contributed by atoms with E-state index in [1.807, 2.05) is 6.26 Å². The van der Waals surface area contributed by atoms with E-state index in [2.05, 4.69) is 4.37 Å². The predicted octanol–water partition coefficient (Wildman–Crippen LogP) is 2.17. The van der Waals surface area contributed by atoms with E-state index in [9.17, 15) is 14.7 Å². The van der Waals surface area contributed by atoms with E-state index in [1.165, 1.54) is 16.4 Å². The number of thioether (sulfide) groups is 2. The minimum Gasteiger partial charge on any atom is -0.480 e. The fourth-order valence-corrected chi connectivity index (χ4v) is 4.79. The van der Waals surface area contributed by atoms with Gasteiger partial charge in [0.1, 0.15) is 6.04 Å².